The van der Waals surface area contributed by atoms with Crippen LogP contribution >= 0.6 is 11.6 Å². The third-order valence-electron chi connectivity index (χ3n) is 3.06. The SMILES string of the molecule is CC(C)(C)OC(=O)N1C(CCC(=O)OCCl)COC1(C)C. The first kappa shape index (κ1) is 18.0. The minimum absolute atomic E-state index is 0.165. The number of alkyl halides is 1. The average Bonchev–Trinajstić information content (AvgIpc) is 2.60. The van der Waals surface area contributed by atoms with Gasteiger partial charge in [0.15, 0.2) is 6.07 Å². The van der Waals surface area contributed by atoms with E-state index in [1.54, 1.807) is 18.7 Å². The molecule has 1 aliphatic rings. The van der Waals surface area contributed by atoms with Crippen LogP contribution in [0.25, 0.3) is 0 Å². The van der Waals surface area contributed by atoms with Gasteiger partial charge >= 0.3 is 12.1 Å². The molecule has 122 valence electrons. The fourth-order valence-corrected chi connectivity index (χ4v) is 2.32. The molecule has 0 saturated carbocycles. The van der Waals surface area contributed by atoms with Gasteiger partial charge in [0.2, 0.25) is 0 Å². The van der Waals surface area contributed by atoms with Crippen molar-refractivity contribution in [1.29, 1.82) is 0 Å². The van der Waals surface area contributed by atoms with Crippen LogP contribution in [0.15, 0.2) is 0 Å². The summed E-state index contributed by atoms with van der Waals surface area (Å²) in [5.41, 5.74) is -1.35. The Balaban J connectivity index is 2.70. The summed E-state index contributed by atoms with van der Waals surface area (Å²) < 4.78 is 15.7. The van der Waals surface area contributed by atoms with Gasteiger partial charge in [0.25, 0.3) is 0 Å². The summed E-state index contributed by atoms with van der Waals surface area (Å²) in [6.45, 7) is 9.38. The van der Waals surface area contributed by atoms with E-state index in [1.807, 2.05) is 20.8 Å². The van der Waals surface area contributed by atoms with Crippen LogP contribution in [0.4, 0.5) is 4.79 Å². The molecule has 1 heterocycles. The fraction of sp³-hybridized carbons (Fsp3) is 0.857. The van der Waals surface area contributed by atoms with Gasteiger partial charge in [-0.3, -0.25) is 9.69 Å². The number of nitrogens with zero attached hydrogens (tertiary/aromatic N) is 1. The highest BCUT2D eigenvalue weighted by Gasteiger charge is 2.45. The van der Waals surface area contributed by atoms with E-state index in [0.29, 0.717) is 13.0 Å². The number of ether oxygens (including phenoxy) is 3. The molecule has 1 fully saturated rings. The fourth-order valence-electron chi connectivity index (χ4n) is 2.19. The van der Waals surface area contributed by atoms with Gasteiger partial charge in [-0.2, -0.15) is 0 Å². The van der Waals surface area contributed by atoms with Crippen LogP contribution in [0.1, 0.15) is 47.5 Å². The Labute approximate surface area is 130 Å². The van der Waals surface area contributed by atoms with Crippen LogP contribution in [-0.2, 0) is 19.0 Å². The third-order valence-corrected chi connectivity index (χ3v) is 3.17. The van der Waals surface area contributed by atoms with Crippen molar-refractivity contribution in [3.05, 3.63) is 0 Å². The molecule has 1 rings (SSSR count). The van der Waals surface area contributed by atoms with E-state index in [1.165, 1.54) is 0 Å². The van der Waals surface area contributed by atoms with Crippen molar-refractivity contribution in [3.63, 3.8) is 0 Å². The average molecular weight is 322 g/mol. The van der Waals surface area contributed by atoms with E-state index in [2.05, 4.69) is 4.74 Å². The Morgan fingerprint density at radius 3 is 2.52 bits per heavy atom. The molecule has 1 saturated heterocycles. The lowest BCUT2D eigenvalue weighted by molar-refractivity contribution is -0.142. The number of carbonyl (C=O) groups excluding carboxylic acids is 2. The number of esters is 1. The number of hydrogen-bond donors (Lipinski definition) is 0. The summed E-state index contributed by atoms with van der Waals surface area (Å²) in [4.78, 5) is 25.3. The molecule has 0 N–H and O–H groups in total. The van der Waals surface area contributed by atoms with E-state index in [4.69, 9.17) is 21.1 Å². The maximum atomic E-state index is 12.3. The second kappa shape index (κ2) is 6.83. The topological polar surface area (TPSA) is 65.1 Å². The molecule has 1 atom stereocenters. The highest BCUT2D eigenvalue weighted by atomic mass is 35.5. The zero-order chi connectivity index (χ0) is 16.3. The first-order chi connectivity index (χ1) is 9.57. The van der Waals surface area contributed by atoms with Crippen molar-refractivity contribution in [2.24, 2.45) is 0 Å². The number of halogens is 1. The second-order valence-corrected chi connectivity index (χ2v) is 6.64. The molecule has 0 aliphatic carbocycles. The largest absolute Gasteiger partial charge is 0.449 e. The molecule has 0 aromatic rings. The minimum Gasteiger partial charge on any atom is -0.449 e. The summed E-state index contributed by atoms with van der Waals surface area (Å²) in [5.74, 6) is -0.390. The van der Waals surface area contributed by atoms with Crippen LogP contribution in [0.2, 0.25) is 0 Å². The van der Waals surface area contributed by atoms with Gasteiger partial charge in [0.1, 0.15) is 11.3 Å². The van der Waals surface area contributed by atoms with Crippen LogP contribution in [0.5, 0.6) is 0 Å². The quantitative estimate of drug-likeness (QED) is 0.588. The molecular formula is C14H24ClNO5. The Kier molecular flexibility index (Phi) is 5.87. The smallest absolute Gasteiger partial charge is 0.412 e. The number of carbonyl (C=O) groups is 2. The Morgan fingerprint density at radius 1 is 1.38 bits per heavy atom. The molecule has 7 heteroatoms. The van der Waals surface area contributed by atoms with Crippen LogP contribution in [0.3, 0.4) is 0 Å². The van der Waals surface area contributed by atoms with E-state index in [0.717, 1.165) is 0 Å². The van der Waals surface area contributed by atoms with Crippen molar-refractivity contribution >= 4 is 23.7 Å². The standard InChI is InChI=1S/C14H24ClNO5/c1-13(2,3)21-12(18)16-10(8-20-14(16,4)5)6-7-11(17)19-9-15/h10H,6-9H2,1-5H3. The van der Waals surface area contributed by atoms with Crippen molar-refractivity contribution < 1.29 is 23.8 Å². The van der Waals surface area contributed by atoms with E-state index >= 15 is 0 Å². The molecule has 0 spiro atoms. The number of amides is 1. The molecule has 0 aromatic heterocycles. The third kappa shape index (κ3) is 5.36. The highest BCUT2D eigenvalue weighted by Crippen LogP contribution is 2.31. The first-order valence-corrected chi connectivity index (χ1v) is 7.48. The zero-order valence-electron chi connectivity index (χ0n) is 13.3. The van der Waals surface area contributed by atoms with Gasteiger partial charge in [-0.15, -0.1) is 0 Å². The molecule has 0 bridgehead atoms. The minimum atomic E-state index is -0.761. The lowest BCUT2D eigenvalue weighted by atomic mass is 10.1. The van der Waals surface area contributed by atoms with Crippen LogP contribution < -0.4 is 0 Å². The molecule has 1 unspecified atom stereocenters. The molecule has 21 heavy (non-hydrogen) atoms. The maximum Gasteiger partial charge on any atom is 0.412 e. The van der Waals surface area contributed by atoms with Crippen molar-refractivity contribution in [2.45, 2.75) is 64.8 Å². The second-order valence-electron chi connectivity index (χ2n) is 6.43. The number of rotatable bonds is 4. The van der Waals surface area contributed by atoms with E-state index in [-0.39, 0.29) is 24.5 Å². The van der Waals surface area contributed by atoms with Crippen LogP contribution in [0, 0.1) is 0 Å². The zero-order valence-corrected chi connectivity index (χ0v) is 14.0. The Bertz CT molecular complexity index is 391. The predicted octanol–water partition coefficient (Wildman–Crippen LogP) is 2.88. The van der Waals surface area contributed by atoms with Crippen molar-refractivity contribution in [2.75, 3.05) is 12.7 Å². The van der Waals surface area contributed by atoms with Crippen molar-refractivity contribution in [3.8, 4) is 0 Å². The van der Waals surface area contributed by atoms with Gasteiger partial charge in [0.05, 0.1) is 12.6 Å². The Morgan fingerprint density at radius 2 is 2.00 bits per heavy atom. The normalized spacial score (nSPS) is 21.2. The summed E-state index contributed by atoms with van der Waals surface area (Å²) in [7, 11) is 0. The molecule has 1 aliphatic heterocycles. The molecule has 0 aromatic carbocycles. The monoisotopic (exact) mass is 321 g/mol. The molecule has 1 amide bonds. The summed E-state index contributed by atoms with van der Waals surface area (Å²) in [6, 6.07) is -0.390. The van der Waals surface area contributed by atoms with Crippen LogP contribution in [-0.4, -0.2) is 47.0 Å². The van der Waals surface area contributed by atoms with Gasteiger partial charge in [-0.25, -0.2) is 4.79 Å². The summed E-state index contributed by atoms with van der Waals surface area (Å²) in [6.07, 6.45) is 0.176. The lowest BCUT2D eigenvalue weighted by Gasteiger charge is -2.35. The van der Waals surface area contributed by atoms with Gasteiger partial charge in [-0.1, -0.05) is 11.6 Å². The summed E-state index contributed by atoms with van der Waals surface area (Å²) in [5, 5.41) is 0. The molecular weight excluding hydrogens is 298 g/mol. The van der Waals surface area contributed by atoms with Gasteiger partial charge in [0, 0.05) is 6.42 Å². The highest BCUT2D eigenvalue weighted by molar-refractivity contribution is 6.17. The van der Waals surface area contributed by atoms with E-state index < -0.39 is 17.4 Å². The number of hydrogen-bond acceptors (Lipinski definition) is 5. The Hall–Kier alpha value is -1.01. The van der Waals surface area contributed by atoms with E-state index in [9.17, 15) is 9.59 Å². The molecule has 0 radical (unpaired) electrons. The van der Waals surface area contributed by atoms with Crippen molar-refractivity contribution in [1.82, 2.24) is 4.90 Å². The first-order valence-electron chi connectivity index (χ1n) is 6.94. The van der Waals surface area contributed by atoms with Gasteiger partial charge < -0.3 is 14.2 Å². The maximum absolute atomic E-state index is 12.3. The summed E-state index contributed by atoms with van der Waals surface area (Å²) >= 11 is 5.34. The van der Waals surface area contributed by atoms with Gasteiger partial charge in [-0.05, 0) is 41.0 Å². The molecule has 6 nitrogen and oxygen atoms in total. The lowest BCUT2D eigenvalue weighted by Crippen LogP contribution is -2.49. The predicted molar refractivity (Wildman–Crippen MR) is 77.9 cm³/mol.